The summed E-state index contributed by atoms with van der Waals surface area (Å²) >= 11 is 0. The zero-order chi connectivity index (χ0) is 28.5. The Balaban J connectivity index is 1.95. The number of unbranched alkanes of at least 4 members (excludes halogenated alkanes) is 1. The van der Waals surface area contributed by atoms with Gasteiger partial charge in [0.15, 0.2) is 17.7 Å². The smallest absolute Gasteiger partial charge is 0.417 e. The van der Waals surface area contributed by atoms with Crippen LogP contribution in [0.5, 0.6) is 0 Å². The zero-order valence-electron chi connectivity index (χ0n) is 22.3. The first-order chi connectivity index (χ1) is 18.6. The Labute approximate surface area is 227 Å². The Kier molecular flexibility index (Phi) is 10.3. The van der Waals surface area contributed by atoms with Crippen molar-refractivity contribution in [3.05, 3.63) is 77.4 Å². The summed E-state index contributed by atoms with van der Waals surface area (Å²) in [6.45, 7) is 4.24. The van der Waals surface area contributed by atoms with E-state index in [1.165, 1.54) is 6.92 Å². The number of ether oxygens (including phenoxy) is 2. The molecule has 206 valence electrons. The van der Waals surface area contributed by atoms with Gasteiger partial charge in [-0.2, -0.15) is 0 Å². The summed E-state index contributed by atoms with van der Waals surface area (Å²) in [5.74, 6) is -3.88. The van der Waals surface area contributed by atoms with Crippen molar-refractivity contribution in [2.45, 2.75) is 52.2 Å². The number of aliphatic hydroxyl groups excluding tert-OH is 1. The number of hydrogen-bond acceptors (Lipinski definition) is 8. The number of carbonyl (C=O) groups excluding carboxylic acids is 5. The number of rotatable bonds is 12. The molecule has 1 heterocycles. The Bertz CT molecular complexity index is 1250. The number of nitrogens with zero attached hydrogens (tertiary/aromatic N) is 1. The predicted molar refractivity (Wildman–Crippen MR) is 142 cm³/mol. The second-order valence-corrected chi connectivity index (χ2v) is 9.46. The van der Waals surface area contributed by atoms with Crippen LogP contribution in [-0.4, -0.2) is 58.9 Å². The van der Waals surface area contributed by atoms with Crippen molar-refractivity contribution in [3.8, 4) is 0 Å². The van der Waals surface area contributed by atoms with Gasteiger partial charge in [0.2, 0.25) is 5.91 Å². The Morgan fingerprint density at radius 3 is 2.46 bits per heavy atom. The van der Waals surface area contributed by atoms with Crippen molar-refractivity contribution in [2.24, 2.45) is 5.92 Å². The van der Waals surface area contributed by atoms with E-state index in [1.807, 2.05) is 13.0 Å². The highest BCUT2D eigenvalue weighted by Crippen LogP contribution is 2.31. The van der Waals surface area contributed by atoms with Gasteiger partial charge in [-0.15, -0.1) is 0 Å². The first-order valence-corrected chi connectivity index (χ1v) is 12.8. The van der Waals surface area contributed by atoms with E-state index in [0.29, 0.717) is 24.0 Å². The lowest BCUT2D eigenvalue weighted by atomic mass is 9.92. The highest BCUT2D eigenvalue weighted by atomic mass is 16.6. The van der Waals surface area contributed by atoms with Gasteiger partial charge in [-0.1, -0.05) is 60.2 Å². The van der Waals surface area contributed by atoms with Crippen LogP contribution in [0.4, 0.5) is 4.79 Å². The number of carbonyl (C=O) groups is 5. The molecular formula is C30H33NO8. The standard InChI is InChI=1S/C30H33NO8/c1-19-10-9-13-23(16-19)24(26(34)14-7-8-15-32)17-27(35)28(39-21(3)33)20(2)29(36)31-25(18-38-30(31)37)22-11-5-4-6-12-22/h4-6,9-13,16-17,20,25,28,32H,7-8,14-15,18H2,1-3H3. The summed E-state index contributed by atoms with van der Waals surface area (Å²) < 4.78 is 10.4. The van der Waals surface area contributed by atoms with Gasteiger partial charge in [-0.25, -0.2) is 9.69 Å². The molecule has 2 aromatic carbocycles. The minimum atomic E-state index is -1.58. The van der Waals surface area contributed by atoms with E-state index in [4.69, 9.17) is 14.6 Å². The van der Waals surface area contributed by atoms with Gasteiger partial charge in [0.1, 0.15) is 12.6 Å². The highest BCUT2D eigenvalue weighted by molar-refractivity contribution is 6.25. The molecule has 1 fully saturated rings. The fourth-order valence-corrected chi connectivity index (χ4v) is 4.41. The lowest BCUT2D eigenvalue weighted by Crippen LogP contribution is -2.45. The van der Waals surface area contributed by atoms with E-state index in [2.05, 4.69) is 0 Å². The van der Waals surface area contributed by atoms with Gasteiger partial charge in [0.05, 0.1) is 5.92 Å². The number of aryl methyl sites for hydroxylation is 1. The molecule has 0 aromatic heterocycles. The fourth-order valence-electron chi connectivity index (χ4n) is 4.41. The van der Waals surface area contributed by atoms with E-state index in [0.717, 1.165) is 23.5 Å². The van der Waals surface area contributed by atoms with Crippen LogP contribution in [0.2, 0.25) is 0 Å². The minimum Gasteiger partial charge on any atom is -0.453 e. The summed E-state index contributed by atoms with van der Waals surface area (Å²) in [4.78, 5) is 65.7. The van der Waals surface area contributed by atoms with E-state index in [9.17, 15) is 24.0 Å². The number of hydrogen-bond donors (Lipinski definition) is 1. The molecule has 0 spiro atoms. The minimum absolute atomic E-state index is 0.0484. The summed E-state index contributed by atoms with van der Waals surface area (Å²) in [6, 6.07) is 15.2. The fraction of sp³-hybridized carbons (Fsp3) is 0.367. The lowest BCUT2D eigenvalue weighted by Gasteiger charge is -2.27. The average molecular weight is 536 g/mol. The van der Waals surface area contributed by atoms with Crippen molar-refractivity contribution in [3.63, 3.8) is 0 Å². The topological polar surface area (TPSA) is 127 Å². The van der Waals surface area contributed by atoms with Crippen LogP contribution in [0.15, 0.2) is 60.7 Å². The second kappa shape index (κ2) is 13.6. The first kappa shape index (κ1) is 29.4. The second-order valence-electron chi connectivity index (χ2n) is 9.46. The number of allylic oxidation sites excluding steroid dienone is 1. The van der Waals surface area contributed by atoms with Crippen molar-refractivity contribution in [1.82, 2.24) is 4.90 Å². The van der Waals surface area contributed by atoms with Crippen molar-refractivity contribution < 1.29 is 38.6 Å². The average Bonchev–Trinajstić information content (AvgIpc) is 3.31. The summed E-state index contributed by atoms with van der Waals surface area (Å²) in [6.07, 6.45) is -0.387. The maximum atomic E-state index is 13.5. The van der Waals surface area contributed by atoms with Gasteiger partial charge in [0.25, 0.3) is 0 Å². The van der Waals surface area contributed by atoms with Crippen molar-refractivity contribution in [2.75, 3.05) is 13.2 Å². The number of Topliss-reactive ketones (excluding diaryl/α,β-unsaturated/α-hetero) is 1. The molecule has 1 saturated heterocycles. The molecule has 0 saturated carbocycles. The van der Waals surface area contributed by atoms with Crippen LogP contribution < -0.4 is 0 Å². The number of cyclic esters (lactones) is 1. The Morgan fingerprint density at radius 2 is 1.82 bits per heavy atom. The molecule has 0 radical (unpaired) electrons. The third-order valence-corrected chi connectivity index (χ3v) is 6.44. The van der Waals surface area contributed by atoms with Gasteiger partial charge in [-0.3, -0.25) is 19.2 Å². The third kappa shape index (κ3) is 7.48. The van der Waals surface area contributed by atoms with Crippen molar-refractivity contribution >= 4 is 35.1 Å². The lowest BCUT2D eigenvalue weighted by molar-refractivity contribution is -0.158. The van der Waals surface area contributed by atoms with Crippen LogP contribution >= 0.6 is 0 Å². The predicted octanol–water partition coefficient (Wildman–Crippen LogP) is 3.97. The largest absolute Gasteiger partial charge is 0.453 e. The molecule has 39 heavy (non-hydrogen) atoms. The highest BCUT2D eigenvalue weighted by Gasteiger charge is 2.44. The van der Waals surface area contributed by atoms with Crippen LogP contribution in [0.25, 0.3) is 5.57 Å². The van der Waals surface area contributed by atoms with Gasteiger partial charge in [0, 0.05) is 25.5 Å². The van der Waals surface area contributed by atoms with Crippen molar-refractivity contribution in [1.29, 1.82) is 0 Å². The molecule has 0 aliphatic carbocycles. The molecule has 3 unspecified atom stereocenters. The van der Waals surface area contributed by atoms with E-state index in [-0.39, 0.29) is 31.0 Å². The van der Waals surface area contributed by atoms with Crippen LogP contribution in [-0.2, 0) is 28.7 Å². The molecular weight excluding hydrogens is 502 g/mol. The van der Waals surface area contributed by atoms with Crippen LogP contribution in [0.1, 0.15) is 55.8 Å². The molecule has 1 N–H and O–H groups in total. The summed E-state index contributed by atoms with van der Waals surface area (Å²) in [7, 11) is 0. The molecule has 9 nitrogen and oxygen atoms in total. The van der Waals surface area contributed by atoms with Crippen LogP contribution in [0.3, 0.4) is 0 Å². The molecule has 2 aromatic rings. The monoisotopic (exact) mass is 535 g/mol. The SMILES string of the molecule is CC(=O)OC(C(=O)C=C(C(=O)CCCCO)c1cccc(C)c1)C(C)C(=O)N1C(=O)OCC1c1ccccc1. The molecule has 0 bridgehead atoms. The zero-order valence-corrected chi connectivity index (χ0v) is 22.3. The van der Waals surface area contributed by atoms with Gasteiger partial charge in [-0.05, 0) is 43.9 Å². The molecule has 3 rings (SSSR count). The normalized spacial score (nSPS) is 16.8. The number of amides is 2. The molecule has 1 aliphatic heterocycles. The first-order valence-electron chi connectivity index (χ1n) is 12.8. The number of aliphatic hydroxyl groups is 1. The van der Waals surface area contributed by atoms with E-state index < -0.39 is 41.8 Å². The summed E-state index contributed by atoms with van der Waals surface area (Å²) in [5.41, 5.74) is 2.16. The number of benzene rings is 2. The molecule has 1 aliphatic rings. The Morgan fingerprint density at radius 1 is 1.10 bits per heavy atom. The number of ketones is 2. The van der Waals surface area contributed by atoms with Gasteiger partial charge < -0.3 is 14.6 Å². The summed E-state index contributed by atoms with van der Waals surface area (Å²) in [5, 5.41) is 9.09. The van der Waals surface area contributed by atoms with E-state index in [1.54, 1.807) is 48.5 Å². The van der Waals surface area contributed by atoms with Gasteiger partial charge >= 0.3 is 12.1 Å². The number of esters is 1. The van der Waals surface area contributed by atoms with E-state index >= 15 is 0 Å². The quantitative estimate of drug-likeness (QED) is 0.246. The maximum Gasteiger partial charge on any atom is 0.417 e. The third-order valence-electron chi connectivity index (χ3n) is 6.44. The van der Waals surface area contributed by atoms with Crippen LogP contribution in [0, 0.1) is 12.8 Å². The maximum absolute atomic E-state index is 13.5. The molecule has 9 heteroatoms. The molecule has 2 amide bonds. The number of imide groups is 1. The molecule has 3 atom stereocenters. The Hall–Kier alpha value is -4.11.